The van der Waals surface area contributed by atoms with Crippen LogP contribution in [0.3, 0.4) is 0 Å². The molecule has 1 aromatic carbocycles. The zero-order valence-electron chi connectivity index (χ0n) is 8.48. The van der Waals surface area contributed by atoms with Crippen LogP contribution in [0.5, 0.6) is 0 Å². The molecule has 6 heteroatoms. The fourth-order valence-corrected chi connectivity index (χ4v) is 1.37. The molecule has 0 aliphatic heterocycles. The molecule has 0 spiro atoms. The number of halogens is 1. The molecule has 0 unspecified atom stereocenters. The summed E-state index contributed by atoms with van der Waals surface area (Å²) in [6, 6.07) is 7.98. The number of benzene rings is 1. The van der Waals surface area contributed by atoms with Gasteiger partial charge in [-0.15, -0.1) is 0 Å². The van der Waals surface area contributed by atoms with Crippen molar-refractivity contribution in [2.24, 2.45) is 0 Å². The maximum absolute atomic E-state index is 11.7. The fraction of sp³-hybridized carbons (Fsp3) is 0. The van der Waals surface area contributed by atoms with Crippen LogP contribution in [0.1, 0.15) is 16.1 Å². The first kappa shape index (κ1) is 11.2. The van der Waals surface area contributed by atoms with E-state index in [2.05, 4.69) is 15.0 Å². The van der Waals surface area contributed by atoms with Crippen LogP contribution in [0.25, 0.3) is 0 Å². The molecule has 1 amide bonds. The second kappa shape index (κ2) is 4.68. The van der Waals surface area contributed by atoms with Gasteiger partial charge in [0.05, 0.1) is 22.3 Å². The van der Waals surface area contributed by atoms with Crippen LogP contribution in [-0.2, 0) is 0 Å². The molecule has 0 fully saturated rings. The lowest BCUT2D eigenvalue weighted by molar-refractivity contribution is 0.101. The van der Waals surface area contributed by atoms with Gasteiger partial charge >= 0.3 is 0 Å². The first-order valence-electron chi connectivity index (χ1n) is 4.62. The van der Waals surface area contributed by atoms with Gasteiger partial charge in [0.25, 0.3) is 5.91 Å². The Morgan fingerprint density at radius 3 is 2.94 bits per heavy atom. The fourth-order valence-electron chi connectivity index (χ4n) is 1.21. The van der Waals surface area contributed by atoms with Gasteiger partial charge in [0.1, 0.15) is 6.26 Å². The van der Waals surface area contributed by atoms with Gasteiger partial charge in [-0.3, -0.25) is 4.79 Å². The summed E-state index contributed by atoms with van der Waals surface area (Å²) in [5.41, 5.74) is 0.909. The smallest absolute Gasteiger partial charge is 0.277 e. The predicted octanol–water partition coefficient (Wildman–Crippen LogP) is 2.45. The number of hydrogen-bond acceptors (Lipinski definition) is 4. The molecule has 5 nitrogen and oxygen atoms in total. The minimum absolute atomic E-state index is 0.142. The molecule has 0 atom stereocenters. The Kier molecular flexibility index (Phi) is 3.08. The van der Waals surface area contributed by atoms with E-state index < -0.39 is 5.91 Å². The molecule has 1 aromatic heterocycles. The van der Waals surface area contributed by atoms with Gasteiger partial charge in [-0.05, 0) is 18.2 Å². The van der Waals surface area contributed by atoms with Gasteiger partial charge in [-0.2, -0.15) is 5.26 Å². The zero-order valence-corrected chi connectivity index (χ0v) is 9.23. The Balaban J connectivity index is 2.25. The number of nitriles is 1. The first-order chi connectivity index (χ1) is 8.20. The van der Waals surface area contributed by atoms with Gasteiger partial charge in [0, 0.05) is 6.07 Å². The summed E-state index contributed by atoms with van der Waals surface area (Å²) < 4.78 is 4.55. The van der Waals surface area contributed by atoms with Crippen molar-refractivity contribution < 1.29 is 9.32 Å². The topological polar surface area (TPSA) is 78.9 Å². The second-order valence-electron chi connectivity index (χ2n) is 3.15. The van der Waals surface area contributed by atoms with Crippen molar-refractivity contribution in [1.29, 1.82) is 5.26 Å². The van der Waals surface area contributed by atoms with E-state index in [1.165, 1.54) is 18.4 Å². The third-order valence-electron chi connectivity index (χ3n) is 2.01. The van der Waals surface area contributed by atoms with Crippen molar-refractivity contribution in [3.8, 4) is 6.07 Å². The zero-order chi connectivity index (χ0) is 12.3. The second-order valence-corrected chi connectivity index (χ2v) is 3.55. The average Bonchev–Trinajstić information content (AvgIpc) is 2.85. The van der Waals surface area contributed by atoms with Crippen LogP contribution in [0, 0.1) is 11.3 Å². The minimum atomic E-state index is -0.448. The molecule has 17 heavy (non-hydrogen) atoms. The number of nitrogens with zero attached hydrogens (tertiary/aromatic N) is 2. The van der Waals surface area contributed by atoms with Crippen LogP contribution in [0.15, 0.2) is 35.1 Å². The summed E-state index contributed by atoms with van der Waals surface area (Å²) >= 11 is 5.89. The quantitative estimate of drug-likeness (QED) is 0.884. The van der Waals surface area contributed by atoms with Crippen molar-refractivity contribution in [2.75, 3.05) is 5.32 Å². The Hall–Kier alpha value is -2.32. The molecule has 0 saturated heterocycles. The van der Waals surface area contributed by atoms with Gasteiger partial charge < -0.3 is 9.84 Å². The van der Waals surface area contributed by atoms with E-state index in [4.69, 9.17) is 16.9 Å². The van der Waals surface area contributed by atoms with Gasteiger partial charge in [0.2, 0.25) is 0 Å². The normalized spacial score (nSPS) is 9.65. The SMILES string of the molecule is N#Cc1ccc(Cl)c(NC(=O)c2ccon2)c1. The van der Waals surface area contributed by atoms with Crippen LogP contribution in [-0.4, -0.2) is 11.1 Å². The first-order valence-corrected chi connectivity index (χ1v) is 5.00. The van der Waals surface area contributed by atoms with Crippen molar-refractivity contribution in [1.82, 2.24) is 5.16 Å². The molecule has 84 valence electrons. The highest BCUT2D eigenvalue weighted by Crippen LogP contribution is 2.23. The molecule has 1 N–H and O–H groups in total. The molecule has 2 aromatic rings. The number of aromatic nitrogens is 1. The Morgan fingerprint density at radius 1 is 1.47 bits per heavy atom. The summed E-state index contributed by atoms with van der Waals surface area (Å²) in [4.78, 5) is 11.7. The van der Waals surface area contributed by atoms with Crippen LogP contribution < -0.4 is 5.32 Å². The van der Waals surface area contributed by atoms with E-state index >= 15 is 0 Å². The molecule has 0 aliphatic rings. The molecule has 2 rings (SSSR count). The highest BCUT2D eigenvalue weighted by Gasteiger charge is 2.11. The van der Waals surface area contributed by atoms with Crippen LogP contribution in [0.2, 0.25) is 5.02 Å². The number of amides is 1. The molecular weight excluding hydrogens is 242 g/mol. The summed E-state index contributed by atoms with van der Waals surface area (Å²) in [7, 11) is 0. The number of carbonyl (C=O) groups excluding carboxylic acids is 1. The maximum Gasteiger partial charge on any atom is 0.277 e. The lowest BCUT2D eigenvalue weighted by Gasteiger charge is -2.05. The largest absolute Gasteiger partial charge is 0.364 e. The van der Waals surface area contributed by atoms with E-state index in [0.717, 1.165) is 0 Å². The predicted molar refractivity (Wildman–Crippen MR) is 60.6 cm³/mol. The van der Waals surface area contributed by atoms with Gasteiger partial charge in [0.15, 0.2) is 5.69 Å². The molecule has 0 aliphatic carbocycles. The van der Waals surface area contributed by atoms with E-state index in [9.17, 15) is 4.79 Å². The number of rotatable bonds is 2. The summed E-state index contributed by atoms with van der Waals surface area (Å²) in [6.45, 7) is 0. The Bertz CT molecular complexity index is 587. The van der Waals surface area contributed by atoms with Crippen molar-refractivity contribution >= 4 is 23.2 Å². The van der Waals surface area contributed by atoms with E-state index in [-0.39, 0.29) is 5.69 Å². The standard InChI is InChI=1S/C11H6ClN3O2/c12-8-2-1-7(6-13)5-10(8)14-11(16)9-3-4-17-15-9/h1-5H,(H,14,16). The third kappa shape index (κ3) is 2.44. The Labute approximate surface area is 102 Å². The minimum Gasteiger partial charge on any atom is -0.364 e. The van der Waals surface area contributed by atoms with Gasteiger partial charge in [-0.25, -0.2) is 0 Å². The monoisotopic (exact) mass is 247 g/mol. The highest BCUT2D eigenvalue weighted by molar-refractivity contribution is 6.33. The van der Waals surface area contributed by atoms with Gasteiger partial charge in [-0.1, -0.05) is 16.8 Å². The lowest BCUT2D eigenvalue weighted by atomic mass is 10.2. The van der Waals surface area contributed by atoms with Crippen molar-refractivity contribution in [3.63, 3.8) is 0 Å². The summed E-state index contributed by atoms with van der Waals surface area (Å²) in [6.07, 6.45) is 1.29. The summed E-state index contributed by atoms with van der Waals surface area (Å²) in [5.74, 6) is -0.448. The van der Waals surface area contributed by atoms with E-state index in [1.807, 2.05) is 6.07 Å². The molecule has 1 heterocycles. The average molecular weight is 248 g/mol. The maximum atomic E-state index is 11.7. The highest BCUT2D eigenvalue weighted by atomic mass is 35.5. The molecule has 0 radical (unpaired) electrons. The van der Waals surface area contributed by atoms with E-state index in [0.29, 0.717) is 16.3 Å². The van der Waals surface area contributed by atoms with E-state index in [1.54, 1.807) is 12.1 Å². The lowest BCUT2D eigenvalue weighted by Crippen LogP contribution is -2.12. The third-order valence-corrected chi connectivity index (χ3v) is 2.34. The number of carbonyl (C=O) groups is 1. The van der Waals surface area contributed by atoms with Crippen LogP contribution >= 0.6 is 11.6 Å². The van der Waals surface area contributed by atoms with Crippen molar-refractivity contribution in [2.45, 2.75) is 0 Å². The molecular formula is C11H6ClN3O2. The molecule has 0 bridgehead atoms. The Morgan fingerprint density at radius 2 is 2.29 bits per heavy atom. The summed E-state index contributed by atoms with van der Waals surface area (Å²) in [5, 5.41) is 15.1. The number of hydrogen-bond donors (Lipinski definition) is 1. The van der Waals surface area contributed by atoms with Crippen LogP contribution in [0.4, 0.5) is 5.69 Å². The van der Waals surface area contributed by atoms with Crippen molar-refractivity contribution in [3.05, 3.63) is 46.8 Å². The molecule has 0 saturated carbocycles. The number of nitrogens with one attached hydrogen (secondary N) is 1. The number of anilines is 1.